The molecule has 0 amide bonds. The van der Waals surface area contributed by atoms with Crippen LogP contribution < -0.4 is 4.74 Å². The van der Waals surface area contributed by atoms with Gasteiger partial charge in [0, 0.05) is 0 Å². The topological polar surface area (TPSA) is 49.7 Å². The molecule has 0 fully saturated rings. The van der Waals surface area contributed by atoms with E-state index in [2.05, 4.69) is 6.07 Å². The van der Waals surface area contributed by atoms with Gasteiger partial charge in [-0.15, -0.1) is 0 Å². The lowest BCUT2D eigenvalue weighted by Crippen LogP contribution is -2.15. The molecule has 0 aliphatic rings. The van der Waals surface area contributed by atoms with Crippen molar-refractivity contribution in [1.29, 1.82) is 0 Å². The number of ether oxygens (including phenoxy) is 1. The van der Waals surface area contributed by atoms with E-state index in [0.717, 1.165) is 0 Å². The molecule has 59 valence electrons. The van der Waals surface area contributed by atoms with Gasteiger partial charge in [-0.25, -0.2) is 0 Å². The van der Waals surface area contributed by atoms with Gasteiger partial charge in [0.25, 0.3) is 0 Å². The molecule has 0 unspecified atom stereocenters. The quantitative estimate of drug-likeness (QED) is 0.609. The Morgan fingerprint density at radius 3 is 2.55 bits per heavy atom. The molecule has 0 heterocycles. The van der Waals surface area contributed by atoms with Crippen LogP contribution in [0.25, 0.3) is 0 Å². The summed E-state index contributed by atoms with van der Waals surface area (Å²) in [5.74, 6) is 0.608. The maximum absolute atomic E-state index is 8.44. The van der Waals surface area contributed by atoms with Crippen LogP contribution in [-0.2, 0) is 0 Å². The summed E-state index contributed by atoms with van der Waals surface area (Å²) in [6, 6.07) is 9.60. The summed E-state index contributed by atoms with van der Waals surface area (Å²) in [6.45, 7) is -0.107. The lowest BCUT2D eigenvalue weighted by Gasteiger charge is -2.05. The number of benzene rings is 1. The van der Waals surface area contributed by atoms with Crippen LogP contribution >= 0.6 is 0 Å². The molecule has 0 spiro atoms. The zero-order valence-corrected chi connectivity index (χ0v) is 5.90. The zero-order valence-electron chi connectivity index (χ0n) is 5.90. The van der Waals surface area contributed by atoms with Crippen LogP contribution in [0.5, 0.6) is 5.75 Å². The van der Waals surface area contributed by atoms with Crippen LogP contribution in [0.3, 0.4) is 0 Å². The first-order valence-electron chi connectivity index (χ1n) is 3.24. The van der Waals surface area contributed by atoms with E-state index in [4.69, 9.17) is 14.9 Å². The number of aliphatic hydroxyl groups excluding tert-OH is 1. The van der Waals surface area contributed by atoms with Crippen LogP contribution in [0.15, 0.2) is 24.3 Å². The molecular formula is C8H9O3. The molecule has 0 saturated carbocycles. The van der Waals surface area contributed by atoms with Crippen LogP contribution in [0.2, 0.25) is 0 Å². The SMILES string of the molecule is OC(O)COc1cc[c]cc1. The lowest BCUT2D eigenvalue weighted by molar-refractivity contribution is -0.0680. The zero-order chi connectivity index (χ0) is 8.10. The van der Waals surface area contributed by atoms with Gasteiger partial charge in [0.2, 0.25) is 0 Å². The summed E-state index contributed by atoms with van der Waals surface area (Å²) in [5.41, 5.74) is 0. The van der Waals surface area contributed by atoms with Gasteiger partial charge in [0.05, 0.1) is 0 Å². The third-order valence-corrected chi connectivity index (χ3v) is 1.09. The van der Waals surface area contributed by atoms with Crippen molar-refractivity contribution >= 4 is 0 Å². The van der Waals surface area contributed by atoms with E-state index < -0.39 is 6.29 Å². The number of hydrogen-bond donors (Lipinski definition) is 2. The maximum atomic E-state index is 8.44. The Labute approximate surface area is 64.9 Å². The normalized spacial score (nSPS) is 10.1. The molecule has 0 aliphatic carbocycles. The van der Waals surface area contributed by atoms with Gasteiger partial charge in [-0.3, -0.25) is 0 Å². The Hall–Kier alpha value is -1.06. The number of hydrogen-bond acceptors (Lipinski definition) is 3. The molecule has 3 nitrogen and oxygen atoms in total. The van der Waals surface area contributed by atoms with Crippen LogP contribution in [0.1, 0.15) is 0 Å². The highest BCUT2D eigenvalue weighted by atomic mass is 16.5. The molecule has 11 heavy (non-hydrogen) atoms. The highest BCUT2D eigenvalue weighted by Gasteiger charge is 1.96. The summed E-state index contributed by atoms with van der Waals surface area (Å²) >= 11 is 0. The maximum Gasteiger partial charge on any atom is 0.186 e. The Bertz CT molecular complexity index is 196. The molecule has 1 aromatic carbocycles. The minimum Gasteiger partial charge on any atom is -0.488 e. The summed E-state index contributed by atoms with van der Waals surface area (Å²) in [5, 5.41) is 16.9. The predicted octanol–water partition coefficient (Wildman–Crippen LogP) is 0.176. The van der Waals surface area contributed by atoms with Gasteiger partial charge < -0.3 is 14.9 Å². The fourth-order valence-electron chi connectivity index (χ4n) is 0.639. The molecule has 3 heteroatoms. The Morgan fingerprint density at radius 2 is 2.00 bits per heavy atom. The molecule has 2 N–H and O–H groups in total. The third-order valence-electron chi connectivity index (χ3n) is 1.09. The van der Waals surface area contributed by atoms with Crippen molar-refractivity contribution in [3.05, 3.63) is 30.3 Å². The number of aliphatic hydroxyl groups is 2. The van der Waals surface area contributed by atoms with Gasteiger partial charge in [0.15, 0.2) is 6.29 Å². The average molecular weight is 153 g/mol. The average Bonchev–Trinajstić information content (AvgIpc) is 2.03. The minimum absolute atomic E-state index is 0.107. The van der Waals surface area contributed by atoms with Crippen molar-refractivity contribution in [1.82, 2.24) is 0 Å². The largest absolute Gasteiger partial charge is 0.488 e. The molecule has 0 aromatic heterocycles. The van der Waals surface area contributed by atoms with E-state index in [0.29, 0.717) is 5.75 Å². The van der Waals surface area contributed by atoms with Crippen LogP contribution in [-0.4, -0.2) is 23.1 Å². The highest BCUT2D eigenvalue weighted by Crippen LogP contribution is 2.07. The predicted molar refractivity (Wildman–Crippen MR) is 39.0 cm³/mol. The Balaban J connectivity index is 2.39. The monoisotopic (exact) mass is 153 g/mol. The summed E-state index contributed by atoms with van der Waals surface area (Å²) < 4.78 is 4.95. The molecule has 1 aromatic rings. The Morgan fingerprint density at radius 1 is 1.36 bits per heavy atom. The third kappa shape index (κ3) is 3.02. The summed E-state index contributed by atoms with van der Waals surface area (Å²) in [7, 11) is 0. The van der Waals surface area contributed by atoms with Gasteiger partial charge in [-0.1, -0.05) is 12.1 Å². The van der Waals surface area contributed by atoms with Crippen molar-refractivity contribution in [2.45, 2.75) is 6.29 Å². The van der Waals surface area contributed by atoms with Crippen molar-refractivity contribution in [3.8, 4) is 5.75 Å². The molecule has 1 rings (SSSR count). The van der Waals surface area contributed by atoms with Crippen molar-refractivity contribution in [3.63, 3.8) is 0 Å². The summed E-state index contributed by atoms with van der Waals surface area (Å²) in [6.07, 6.45) is -1.42. The van der Waals surface area contributed by atoms with Crippen molar-refractivity contribution in [2.24, 2.45) is 0 Å². The van der Waals surface area contributed by atoms with E-state index in [1.54, 1.807) is 24.3 Å². The fourth-order valence-corrected chi connectivity index (χ4v) is 0.639. The van der Waals surface area contributed by atoms with E-state index >= 15 is 0 Å². The summed E-state index contributed by atoms with van der Waals surface area (Å²) in [4.78, 5) is 0. The van der Waals surface area contributed by atoms with Crippen LogP contribution in [0, 0.1) is 6.07 Å². The van der Waals surface area contributed by atoms with Crippen molar-refractivity contribution in [2.75, 3.05) is 6.61 Å². The standard InChI is InChI=1S/C8H9O3/c9-8(10)6-11-7-4-2-1-3-5-7/h2-5,8-10H,6H2. The van der Waals surface area contributed by atoms with Gasteiger partial charge in [-0.2, -0.15) is 0 Å². The van der Waals surface area contributed by atoms with E-state index in [1.807, 2.05) is 0 Å². The first-order chi connectivity index (χ1) is 5.29. The second-order valence-electron chi connectivity index (χ2n) is 2.03. The highest BCUT2D eigenvalue weighted by molar-refractivity contribution is 5.20. The molecule has 0 bridgehead atoms. The fraction of sp³-hybridized carbons (Fsp3) is 0.250. The first-order valence-corrected chi connectivity index (χ1v) is 3.24. The Kier molecular flexibility index (Phi) is 2.89. The second-order valence-corrected chi connectivity index (χ2v) is 2.03. The smallest absolute Gasteiger partial charge is 0.186 e. The van der Waals surface area contributed by atoms with Crippen molar-refractivity contribution < 1.29 is 14.9 Å². The second kappa shape index (κ2) is 3.95. The minimum atomic E-state index is -1.42. The van der Waals surface area contributed by atoms with Gasteiger partial charge in [0.1, 0.15) is 12.4 Å². The molecular weight excluding hydrogens is 144 g/mol. The van der Waals surface area contributed by atoms with Gasteiger partial charge in [-0.05, 0) is 18.2 Å². The first kappa shape index (κ1) is 8.04. The van der Waals surface area contributed by atoms with Gasteiger partial charge >= 0.3 is 0 Å². The van der Waals surface area contributed by atoms with E-state index in [9.17, 15) is 0 Å². The van der Waals surface area contributed by atoms with E-state index in [-0.39, 0.29) is 6.61 Å². The molecule has 0 atom stereocenters. The van der Waals surface area contributed by atoms with E-state index in [1.165, 1.54) is 0 Å². The molecule has 1 radical (unpaired) electrons. The molecule has 0 saturated heterocycles. The molecule has 0 aliphatic heterocycles. The van der Waals surface area contributed by atoms with Crippen LogP contribution in [0.4, 0.5) is 0 Å². The lowest BCUT2D eigenvalue weighted by atomic mass is 10.3. The number of rotatable bonds is 3.